The van der Waals surface area contributed by atoms with Crippen molar-refractivity contribution in [3.05, 3.63) is 102 Å². The second kappa shape index (κ2) is 9.75. The second-order valence-electron chi connectivity index (χ2n) is 7.48. The number of aromatic nitrogens is 2. The van der Waals surface area contributed by atoms with E-state index in [4.69, 9.17) is 9.84 Å². The summed E-state index contributed by atoms with van der Waals surface area (Å²) in [6, 6.07) is 25.5. The molecule has 1 aromatic heterocycles. The van der Waals surface area contributed by atoms with Crippen LogP contribution in [0.1, 0.15) is 16.7 Å². The number of benzene rings is 3. The minimum Gasteiger partial charge on any atom is -0.484 e. The lowest BCUT2D eigenvalue weighted by Crippen LogP contribution is -2.24. The van der Waals surface area contributed by atoms with Crippen molar-refractivity contribution in [1.29, 1.82) is 0 Å². The SMILES string of the molecule is Cc1ccc(OCC(=O)N/N=C/c2cn(-c3ccccc3)nc2-c2cccc(C)c2)cc1. The molecule has 0 bridgehead atoms. The number of nitrogens with zero attached hydrogens (tertiary/aromatic N) is 3. The first kappa shape index (κ1) is 21.1. The molecule has 160 valence electrons. The summed E-state index contributed by atoms with van der Waals surface area (Å²) in [4.78, 5) is 12.1. The molecule has 0 saturated heterocycles. The van der Waals surface area contributed by atoms with Crippen LogP contribution in [0.2, 0.25) is 0 Å². The molecular formula is C26H24N4O2. The number of carbonyl (C=O) groups is 1. The van der Waals surface area contributed by atoms with Crippen molar-refractivity contribution in [3.63, 3.8) is 0 Å². The molecule has 0 atom stereocenters. The molecule has 32 heavy (non-hydrogen) atoms. The van der Waals surface area contributed by atoms with Gasteiger partial charge in [-0.3, -0.25) is 4.79 Å². The molecule has 0 aliphatic rings. The summed E-state index contributed by atoms with van der Waals surface area (Å²) >= 11 is 0. The van der Waals surface area contributed by atoms with Crippen molar-refractivity contribution in [1.82, 2.24) is 15.2 Å². The number of amides is 1. The van der Waals surface area contributed by atoms with Crippen LogP contribution < -0.4 is 10.2 Å². The molecule has 0 aliphatic heterocycles. The molecule has 0 radical (unpaired) electrons. The topological polar surface area (TPSA) is 68.5 Å². The Morgan fingerprint density at radius 3 is 2.53 bits per heavy atom. The highest BCUT2D eigenvalue weighted by molar-refractivity contribution is 5.89. The van der Waals surface area contributed by atoms with Crippen LogP contribution in [-0.2, 0) is 4.79 Å². The van der Waals surface area contributed by atoms with E-state index >= 15 is 0 Å². The monoisotopic (exact) mass is 424 g/mol. The van der Waals surface area contributed by atoms with E-state index in [1.165, 1.54) is 0 Å². The van der Waals surface area contributed by atoms with Gasteiger partial charge in [0.25, 0.3) is 5.91 Å². The zero-order valence-electron chi connectivity index (χ0n) is 18.0. The van der Waals surface area contributed by atoms with Gasteiger partial charge in [-0.05, 0) is 44.2 Å². The maximum Gasteiger partial charge on any atom is 0.277 e. The molecule has 3 aromatic carbocycles. The number of hydrogen-bond acceptors (Lipinski definition) is 4. The van der Waals surface area contributed by atoms with Crippen LogP contribution >= 0.6 is 0 Å². The fourth-order valence-corrected chi connectivity index (χ4v) is 3.20. The number of ether oxygens (including phenoxy) is 1. The minimum absolute atomic E-state index is 0.117. The van der Waals surface area contributed by atoms with Gasteiger partial charge in [0.15, 0.2) is 6.61 Å². The van der Waals surface area contributed by atoms with E-state index in [-0.39, 0.29) is 12.5 Å². The van der Waals surface area contributed by atoms with Crippen LogP contribution in [0, 0.1) is 13.8 Å². The van der Waals surface area contributed by atoms with Gasteiger partial charge in [-0.15, -0.1) is 0 Å². The van der Waals surface area contributed by atoms with Crippen molar-refractivity contribution in [3.8, 4) is 22.7 Å². The molecule has 6 nitrogen and oxygen atoms in total. The van der Waals surface area contributed by atoms with Gasteiger partial charge < -0.3 is 4.74 Å². The van der Waals surface area contributed by atoms with Crippen LogP contribution in [0.4, 0.5) is 0 Å². The van der Waals surface area contributed by atoms with Crippen molar-refractivity contribution in [2.75, 3.05) is 6.61 Å². The van der Waals surface area contributed by atoms with Gasteiger partial charge in [-0.1, -0.05) is 59.7 Å². The van der Waals surface area contributed by atoms with E-state index < -0.39 is 0 Å². The Morgan fingerprint density at radius 2 is 1.78 bits per heavy atom. The molecule has 0 aliphatic carbocycles. The standard InChI is InChI=1S/C26H24N4O2/c1-19-11-13-24(14-12-19)32-18-25(31)28-27-16-22-17-30(23-9-4-3-5-10-23)29-26(22)21-8-6-7-20(2)15-21/h3-17H,18H2,1-2H3,(H,28,31)/b27-16+. The molecule has 1 heterocycles. The third kappa shape index (κ3) is 5.29. The second-order valence-corrected chi connectivity index (χ2v) is 7.48. The Labute approximate surface area is 187 Å². The van der Waals surface area contributed by atoms with Gasteiger partial charge in [0, 0.05) is 17.3 Å². The van der Waals surface area contributed by atoms with Crippen molar-refractivity contribution in [2.45, 2.75) is 13.8 Å². The molecule has 4 rings (SSSR count). The van der Waals surface area contributed by atoms with E-state index in [1.807, 2.05) is 92.8 Å². The minimum atomic E-state index is -0.339. The van der Waals surface area contributed by atoms with E-state index in [0.29, 0.717) is 5.75 Å². The Kier molecular flexibility index (Phi) is 6.41. The number of nitrogens with one attached hydrogen (secondary N) is 1. The predicted molar refractivity (Wildman–Crippen MR) is 126 cm³/mol. The van der Waals surface area contributed by atoms with Crippen molar-refractivity contribution < 1.29 is 9.53 Å². The molecule has 1 N–H and O–H groups in total. The third-order valence-electron chi connectivity index (χ3n) is 4.84. The van der Waals surface area contributed by atoms with Gasteiger partial charge in [0.05, 0.1) is 11.9 Å². The molecule has 0 spiro atoms. The number of hydrogen-bond donors (Lipinski definition) is 1. The summed E-state index contributed by atoms with van der Waals surface area (Å²) in [5.41, 5.74) is 8.29. The normalized spacial score (nSPS) is 10.9. The highest BCUT2D eigenvalue weighted by Gasteiger charge is 2.11. The average Bonchev–Trinajstić information content (AvgIpc) is 3.23. The highest BCUT2D eigenvalue weighted by Crippen LogP contribution is 2.23. The van der Waals surface area contributed by atoms with E-state index in [0.717, 1.165) is 33.6 Å². The summed E-state index contributed by atoms with van der Waals surface area (Å²) in [5, 5.41) is 8.89. The molecule has 4 aromatic rings. The largest absolute Gasteiger partial charge is 0.484 e. The van der Waals surface area contributed by atoms with Gasteiger partial charge in [-0.2, -0.15) is 10.2 Å². The number of hydrazone groups is 1. The third-order valence-corrected chi connectivity index (χ3v) is 4.84. The summed E-state index contributed by atoms with van der Waals surface area (Å²) in [5.74, 6) is 0.301. The van der Waals surface area contributed by atoms with Crippen LogP contribution in [0.25, 0.3) is 16.9 Å². The zero-order valence-corrected chi connectivity index (χ0v) is 18.0. The maximum absolute atomic E-state index is 12.1. The first-order valence-corrected chi connectivity index (χ1v) is 10.3. The summed E-state index contributed by atoms with van der Waals surface area (Å²) in [7, 11) is 0. The smallest absolute Gasteiger partial charge is 0.277 e. The highest BCUT2D eigenvalue weighted by atomic mass is 16.5. The number of para-hydroxylation sites is 1. The molecule has 0 saturated carbocycles. The van der Waals surface area contributed by atoms with E-state index in [1.54, 1.807) is 10.9 Å². The summed E-state index contributed by atoms with van der Waals surface area (Å²) in [6.07, 6.45) is 3.50. The first-order valence-electron chi connectivity index (χ1n) is 10.3. The number of aryl methyl sites for hydroxylation is 2. The van der Waals surface area contributed by atoms with Gasteiger partial charge in [0.2, 0.25) is 0 Å². The van der Waals surface area contributed by atoms with Gasteiger partial charge in [-0.25, -0.2) is 10.1 Å². The van der Waals surface area contributed by atoms with Crippen LogP contribution in [-0.4, -0.2) is 28.5 Å². The maximum atomic E-state index is 12.1. The zero-order chi connectivity index (χ0) is 22.3. The number of rotatable bonds is 7. The lowest BCUT2D eigenvalue weighted by atomic mass is 10.1. The van der Waals surface area contributed by atoms with Crippen molar-refractivity contribution >= 4 is 12.1 Å². The van der Waals surface area contributed by atoms with Crippen LogP contribution in [0.15, 0.2) is 90.2 Å². The summed E-state index contributed by atoms with van der Waals surface area (Å²) in [6.45, 7) is 3.92. The Balaban J connectivity index is 1.50. The Morgan fingerprint density at radius 1 is 1.00 bits per heavy atom. The van der Waals surface area contributed by atoms with Crippen LogP contribution in [0.3, 0.4) is 0 Å². The lowest BCUT2D eigenvalue weighted by molar-refractivity contribution is -0.123. The first-order chi connectivity index (χ1) is 15.6. The fourth-order valence-electron chi connectivity index (χ4n) is 3.20. The molecule has 0 unspecified atom stereocenters. The Bertz CT molecular complexity index is 1230. The Hall–Kier alpha value is -4.19. The lowest BCUT2D eigenvalue weighted by Gasteiger charge is -2.05. The molecule has 0 fully saturated rings. The van der Waals surface area contributed by atoms with E-state index in [2.05, 4.69) is 16.6 Å². The van der Waals surface area contributed by atoms with Gasteiger partial charge >= 0.3 is 0 Å². The predicted octanol–water partition coefficient (Wildman–Crippen LogP) is 4.69. The molecule has 6 heteroatoms. The quantitative estimate of drug-likeness (QED) is 0.346. The van der Waals surface area contributed by atoms with E-state index in [9.17, 15) is 4.79 Å². The van der Waals surface area contributed by atoms with Crippen LogP contribution in [0.5, 0.6) is 5.75 Å². The van der Waals surface area contributed by atoms with Crippen molar-refractivity contribution in [2.24, 2.45) is 5.10 Å². The fraction of sp³-hybridized carbons (Fsp3) is 0.115. The number of carbonyl (C=O) groups excluding carboxylic acids is 1. The van der Waals surface area contributed by atoms with Gasteiger partial charge in [0.1, 0.15) is 11.4 Å². The average molecular weight is 425 g/mol. The molecule has 1 amide bonds. The summed E-state index contributed by atoms with van der Waals surface area (Å²) < 4.78 is 7.30. The molecular weight excluding hydrogens is 400 g/mol.